The smallest absolute Gasteiger partial charge is 0.343 e. The van der Waals surface area contributed by atoms with Crippen LogP contribution in [0, 0.1) is 0 Å². The van der Waals surface area contributed by atoms with E-state index in [0.717, 1.165) is 12.0 Å². The van der Waals surface area contributed by atoms with Gasteiger partial charge in [-0.3, -0.25) is 9.36 Å². The molecule has 6 nitrogen and oxygen atoms in total. The maximum atomic E-state index is 12.3. The van der Waals surface area contributed by atoms with Gasteiger partial charge in [-0.1, -0.05) is 49.0 Å². The van der Waals surface area contributed by atoms with Crippen molar-refractivity contribution >= 4 is 17.7 Å². The number of nitrogens with zero attached hydrogens (tertiary/aromatic N) is 2. The predicted octanol–water partition coefficient (Wildman–Crippen LogP) is 2.34. The Kier molecular flexibility index (Phi) is 6.04. The third-order valence-corrected chi connectivity index (χ3v) is 4.57. The van der Waals surface area contributed by atoms with Crippen LogP contribution in [0.25, 0.3) is 0 Å². The Balaban J connectivity index is 1.99. The van der Waals surface area contributed by atoms with Gasteiger partial charge in [-0.05, 0) is 25.8 Å². The van der Waals surface area contributed by atoms with E-state index in [2.05, 4.69) is 15.5 Å². The van der Waals surface area contributed by atoms with E-state index in [-0.39, 0.29) is 22.9 Å². The number of thioether (sulfide) groups is 1. The minimum Gasteiger partial charge on any atom is -0.349 e. The summed E-state index contributed by atoms with van der Waals surface area (Å²) in [7, 11) is 0. The summed E-state index contributed by atoms with van der Waals surface area (Å²) in [5.74, 6) is -0.0788. The Hall–Kier alpha value is -2.02. The highest BCUT2D eigenvalue weighted by Gasteiger charge is 2.20. The van der Waals surface area contributed by atoms with Crippen molar-refractivity contribution in [2.24, 2.45) is 0 Å². The molecule has 1 aromatic carbocycles. The van der Waals surface area contributed by atoms with Crippen molar-refractivity contribution in [1.82, 2.24) is 20.1 Å². The third kappa shape index (κ3) is 4.48. The molecule has 0 aliphatic rings. The van der Waals surface area contributed by atoms with Crippen LogP contribution in [0.2, 0.25) is 0 Å². The highest BCUT2D eigenvalue weighted by molar-refractivity contribution is 8.00. The van der Waals surface area contributed by atoms with E-state index in [0.29, 0.717) is 11.7 Å². The van der Waals surface area contributed by atoms with Crippen LogP contribution in [0.5, 0.6) is 0 Å². The zero-order chi connectivity index (χ0) is 16.8. The van der Waals surface area contributed by atoms with Gasteiger partial charge in [0, 0.05) is 6.54 Å². The molecule has 0 saturated heterocycles. The summed E-state index contributed by atoms with van der Waals surface area (Å²) in [6.07, 6.45) is 0.832. The monoisotopic (exact) mass is 334 g/mol. The van der Waals surface area contributed by atoms with Crippen LogP contribution in [-0.2, 0) is 11.3 Å². The lowest BCUT2D eigenvalue weighted by Gasteiger charge is -2.17. The molecule has 0 radical (unpaired) electrons. The van der Waals surface area contributed by atoms with E-state index in [9.17, 15) is 9.59 Å². The molecule has 0 bridgehead atoms. The Labute approximate surface area is 139 Å². The number of aromatic nitrogens is 3. The van der Waals surface area contributed by atoms with Crippen LogP contribution < -0.4 is 11.0 Å². The van der Waals surface area contributed by atoms with Gasteiger partial charge in [0.25, 0.3) is 0 Å². The van der Waals surface area contributed by atoms with Crippen molar-refractivity contribution in [1.29, 1.82) is 0 Å². The third-order valence-electron chi connectivity index (χ3n) is 3.48. The van der Waals surface area contributed by atoms with E-state index in [4.69, 9.17) is 0 Å². The van der Waals surface area contributed by atoms with Gasteiger partial charge in [0.1, 0.15) is 0 Å². The first kappa shape index (κ1) is 17.3. The fraction of sp³-hybridized carbons (Fsp3) is 0.438. The van der Waals surface area contributed by atoms with Gasteiger partial charge in [0.2, 0.25) is 5.91 Å². The lowest BCUT2D eigenvalue weighted by atomic mass is 10.1. The summed E-state index contributed by atoms with van der Waals surface area (Å²) < 4.78 is 1.56. The molecule has 2 aromatic rings. The molecular weight excluding hydrogens is 312 g/mol. The topological polar surface area (TPSA) is 79.8 Å². The van der Waals surface area contributed by atoms with Gasteiger partial charge in [0.05, 0.1) is 11.3 Å². The number of H-pyrrole nitrogens is 1. The summed E-state index contributed by atoms with van der Waals surface area (Å²) in [6.45, 7) is 6.34. The lowest BCUT2D eigenvalue weighted by molar-refractivity contribution is -0.120. The van der Waals surface area contributed by atoms with E-state index < -0.39 is 0 Å². The van der Waals surface area contributed by atoms with Crippen molar-refractivity contribution in [2.45, 2.75) is 50.2 Å². The SMILES string of the molecule is CCCn1c(SC(C)C(=O)NC(C)c2ccccc2)n[nH]c1=O. The molecule has 0 aliphatic heterocycles. The zero-order valence-corrected chi connectivity index (χ0v) is 14.4. The van der Waals surface area contributed by atoms with E-state index >= 15 is 0 Å². The van der Waals surface area contributed by atoms with Crippen molar-refractivity contribution in [2.75, 3.05) is 0 Å². The lowest BCUT2D eigenvalue weighted by Crippen LogP contribution is -2.33. The van der Waals surface area contributed by atoms with Gasteiger partial charge in [-0.25, -0.2) is 9.89 Å². The van der Waals surface area contributed by atoms with Crippen LogP contribution in [0.4, 0.5) is 0 Å². The average Bonchev–Trinajstić information content (AvgIpc) is 2.89. The second-order valence-corrected chi connectivity index (χ2v) is 6.67. The van der Waals surface area contributed by atoms with Crippen LogP contribution >= 0.6 is 11.8 Å². The molecule has 0 aliphatic carbocycles. The number of nitrogens with one attached hydrogen (secondary N) is 2. The Morgan fingerprint density at radius 2 is 2.04 bits per heavy atom. The van der Waals surface area contributed by atoms with E-state index in [1.807, 2.05) is 51.1 Å². The fourth-order valence-electron chi connectivity index (χ4n) is 2.18. The Morgan fingerprint density at radius 1 is 1.35 bits per heavy atom. The van der Waals surface area contributed by atoms with Crippen LogP contribution in [0.15, 0.2) is 40.3 Å². The quantitative estimate of drug-likeness (QED) is 0.762. The Morgan fingerprint density at radius 3 is 2.70 bits per heavy atom. The van der Waals surface area contributed by atoms with Gasteiger partial charge in [0.15, 0.2) is 5.16 Å². The van der Waals surface area contributed by atoms with E-state index in [1.165, 1.54) is 11.8 Å². The fourth-order valence-corrected chi connectivity index (χ4v) is 3.07. The van der Waals surface area contributed by atoms with Gasteiger partial charge < -0.3 is 5.32 Å². The number of aromatic amines is 1. The van der Waals surface area contributed by atoms with Crippen LogP contribution in [-0.4, -0.2) is 25.9 Å². The molecule has 2 atom stereocenters. The summed E-state index contributed by atoms with van der Waals surface area (Å²) >= 11 is 1.28. The summed E-state index contributed by atoms with van der Waals surface area (Å²) in [6, 6.07) is 9.74. The Bertz CT molecular complexity index is 696. The second kappa shape index (κ2) is 8.01. The van der Waals surface area contributed by atoms with Crippen molar-refractivity contribution < 1.29 is 4.79 Å². The molecule has 1 aromatic heterocycles. The first-order valence-electron chi connectivity index (χ1n) is 7.70. The summed E-state index contributed by atoms with van der Waals surface area (Å²) in [4.78, 5) is 24.0. The molecule has 0 fully saturated rings. The maximum Gasteiger partial charge on any atom is 0.343 e. The number of carbonyl (C=O) groups excluding carboxylic acids is 1. The van der Waals surface area contributed by atoms with Crippen molar-refractivity contribution in [3.8, 4) is 0 Å². The molecule has 1 amide bonds. The predicted molar refractivity (Wildman–Crippen MR) is 91.5 cm³/mol. The standard InChI is InChI=1S/C16H22N4O2S/c1-4-10-20-15(22)18-19-16(20)23-12(3)14(21)17-11(2)13-8-6-5-7-9-13/h5-9,11-12H,4,10H2,1-3H3,(H,17,21)(H,18,22). The number of benzene rings is 1. The molecule has 2 N–H and O–H groups in total. The highest BCUT2D eigenvalue weighted by atomic mass is 32.2. The number of rotatable bonds is 7. The summed E-state index contributed by atoms with van der Waals surface area (Å²) in [5, 5.41) is 9.64. The minimum absolute atomic E-state index is 0.0660. The van der Waals surface area contributed by atoms with Gasteiger partial charge >= 0.3 is 5.69 Å². The maximum absolute atomic E-state index is 12.3. The van der Waals surface area contributed by atoms with Gasteiger partial charge in [-0.15, -0.1) is 5.10 Å². The second-order valence-electron chi connectivity index (χ2n) is 5.36. The van der Waals surface area contributed by atoms with Crippen LogP contribution in [0.1, 0.15) is 38.8 Å². The van der Waals surface area contributed by atoms with Crippen molar-refractivity contribution in [3.05, 3.63) is 46.4 Å². The molecule has 7 heteroatoms. The first-order chi connectivity index (χ1) is 11.0. The molecule has 1 heterocycles. The largest absolute Gasteiger partial charge is 0.349 e. The van der Waals surface area contributed by atoms with Gasteiger partial charge in [-0.2, -0.15) is 0 Å². The molecule has 2 unspecified atom stereocenters. The molecule has 0 saturated carbocycles. The normalized spacial score (nSPS) is 13.5. The molecule has 23 heavy (non-hydrogen) atoms. The molecular formula is C16H22N4O2S. The van der Waals surface area contributed by atoms with E-state index in [1.54, 1.807) is 4.57 Å². The molecule has 0 spiro atoms. The molecule has 124 valence electrons. The summed E-state index contributed by atoms with van der Waals surface area (Å²) in [5.41, 5.74) is 0.820. The zero-order valence-electron chi connectivity index (χ0n) is 13.6. The number of carbonyl (C=O) groups is 1. The minimum atomic E-state index is -0.341. The highest BCUT2D eigenvalue weighted by Crippen LogP contribution is 2.21. The average molecular weight is 334 g/mol. The number of amides is 1. The first-order valence-corrected chi connectivity index (χ1v) is 8.58. The van der Waals surface area contributed by atoms with Crippen molar-refractivity contribution in [3.63, 3.8) is 0 Å². The molecule has 2 rings (SSSR count). The number of hydrogen-bond donors (Lipinski definition) is 2. The number of hydrogen-bond acceptors (Lipinski definition) is 4. The van der Waals surface area contributed by atoms with Crippen LogP contribution in [0.3, 0.4) is 0 Å².